The highest BCUT2D eigenvalue weighted by molar-refractivity contribution is 14.0. The summed E-state index contributed by atoms with van der Waals surface area (Å²) in [7, 11) is 1.88. The number of aromatic nitrogens is 2. The maximum Gasteiger partial charge on any atom is 0.242 e. The fourth-order valence-corrected chi connectivity index (χ4v) is 2.78. The molecule has 0 fully saturated rings. The first-order chi connectivity index (χ1) is 13.1. The number of carbonyl (C=O) groups excluding carboxylic acids is 1. The van der Waals surface area contributed by atoms with Crippen molar-refractivity contribution < 1.29 is 4.79 Å². The lowest BCUT2D eigenvalue weighted by molar-refractivity contribution is -0.131. The second kappa shape index (κ2) is 12.4. The van der Waals surface area contributed by atoms with Crippen LogP contribution in [0.3, 0.4) is 0 Å². The Hall–Kier alpha value is -2.10. The number of nitrogens with zero attached hydrogens (tertiary/aromatic N) is 4. The van der Waals surface area contributed by atoms with Crippen LogP contribution in [0.15, 0.2) is 41.5 Å². The Morgan fingerprint density at radius 1 is 1.18 bits per heavy atom. The molecule has 0 aliphatic heterocycles. The molecule has 0 aliphatic carbocycles. The van der Waals surface area contributed by atoms with E-state index < -0.39 is 0 Å². The fraction of sp³-hybridized carbons (Fsp3) is 0.450. The number of rotatable bonds is 8. The monoisotopic (exact) mass is 498 g/mol. The number of halogens is 1. The van der Waals surface area contributed by atoms with E-state index in [1.165, 1.54) is 0 Å². The number of H-pyrrole nitrogens is 1. The number of aromatic amines is 1. The molecule has 28 heavy (non-hydrogen) atoms. The second-order valence-electron chi connectivity index (χ2n) is 6.20. The number of nitrogens with one attached hydrogen (secondary N) is 2. The van der Waals surface area contributed by atoms with E-state index in [0.29, 0.717) is 32.1 Å². The molecule has 0 aliphatic rings. The quantitative estimate of drug-likeness (QED) is 0.334. The third-order valence-electron chi connectivity index (χ3n) is 4.28. The number of hydrogen-bond acceptors (Lipinski definition) is 3. The maximum atomic E-state index is 12.3. The molecule has 154 valence electrons. The molecular formula is C20H31IN6O. The topological polar surface area (TPSA) is 76.6 Å². The van der Waals surface area contributed by atoms with Gasteiger partial charge in [0.1, 0.15) is 12.4 Å². The summed E-state index contributed by atoms with van der Waals surface area (Å²) in [6.45, 7) is 8.85. The molecule has 0 saturated carbocycles. The number of carbonyl (C=O) groups is 1. The van der Waals surface area contributed by atoms with Gasteiger partial charge in [-0.15, -0.1) is 24.0 Å². The van der Waals surface area contributed by atoms with Crippen LogP contribution in [-0.4, -0.2) is 64.9 Å². The average molecular weight is 498 g/mol. The smallest absolute Gasteiger partial charge is 0.242 e. The highest BCUT2D eigenvalue weighted by Crippen LogP contribution is 2.16. The van der Waals surface area contributed by atoms with Crippen LogP contribution < -0.4 is 5.32 Å². The van der Waals surface area contributed by atoms with E-state index >= 15 is 0 Å². The predicted molar refractivity (Wildman–Crippen MR) is 125 cm³/mol. The number of likely N-dealkylation sites (N-methyl/N-ethyl adjacent to an activating group) is 2. The average Bonchev–Trinajstić information content (AvgIpc) is 3.15. The Morgan fingerprint density at radius 2 is 1.86 bits per heavy atom. The lowest BCUT2D eigenvalue weighted by Gasteiger charge is -2.25. The van der Waals surface area contributed by atoms with E-state index in [9.17, 15) is 4.79 Å². The van der Waals surface area contributed by atoms with Crippen molar-refractivity contribution in [1.29, 1.82) is 0 Å². The first-order valence-electron chi connectivity index (χ1n) is 9.45. The zero-order valence-corrected chi connectivity index (χ0v) is 19.4. The number of aliphatic imine (C=N–C) groups is 1. The van der Waals surface area contributed by atoms with Crippen molar-refractivity contribution in [2.45, 2.75) is 27.3 Å². The summed E-state index contributed by atoms with van der Waals surface area (Å²) in [4.78, 5) is 28.4. The van der Waals surface area contributed by atoms with Crippen LogP contribution in [0, 0.1) is 0 Å². The molecule has 0 bridgehead atoms. The van der Waals surface area contributed by atoms with Gasteiger partial charge in [0.15, 0.2) is 5.96 Å². The van der Waals surface area contributed by atoms with Crippen LogP contribution in [0.1, 0.15) is 26.6 Å². The van der Waals surface area contributed by atoms with Crippen molar-refractivity contribution in [1.82, 2.24) is 25.1 Å². The first kappa shape index (κ1) is 23.9. The van der Waals surface area contributed by atoms with E-state index in [0.717, 1.165) is 23.6 Å². The van der Waals surface area contributed by atoms with Crippen molar-refractivity contribution in [3.63, 3.8) is 0 Å². The van der Waals surface area contributed by atoms with Gasteiger partial charge in [-0.2, -0.15) is 0 Å². The van der Waals surface area contributed by atoms with Gasteiger partial charge >= 0.3 is 0 Å². The normalized spacial score (nSPS) is 10.9. The molecule has 0 unspecified atom stereocenters. The Morgan fingerprint density at radius 3 is 2.46 bits per heavy atom. The van der Waals surface area contributed by atoms with Gasteiger partial charge in [0, 0.05) is 26.7 Å². The van der Waals surface area contributed by atoms with Crippen LogP contribution in [0.25, 0.3) is 11.3 Å². The molecule has 8 heteroatoms. The second-order valence-corrected chi connectivity index (χ2v) is 6.20. The first-order valence-corrected chi connectivity index (χ1v) is 9.45. The van der Waals surface area contributed by atoms with Gasteiger partial charge in [0.05, 0.1) is 18.4 Å². The minimum absolute atomic E-state index is 0. The summed E-state index contributed by atoms with van der Waals surface area (Å²) in [5.74, 6) is 1.57. The molecule has 0 spiro atoms. The highest BCUT2D eigenvalue weighted by Gasteiger charge is 2.15. The minimum Gasteiger partial charge on any atom is -0.357 e. The Balaban J connectivity index is 0.00000392. The van der Waals surface area contributed by atoms with Gasteiger partial charge in [-0.3, -0.25) is 4.79 Å². The molecule has 1 aromatic carbocycles. The van der Waals surface area contributed by atoms with Crippen molar-refractivity contribution in [2.75, 3.05) is 33.2 Å². The number of guanidine groups is 1. The van der Waals surface area contributed by atoms with E-state index in [4.69, 9.17) is 0 Å². The van der Waals surface area contributed by atoms with Gasteiger partial charge in [-0.25, -0.2) is 9.98 Å². The van der Waals surface area contributed by atoms with Crippen LogP contribution in [0.5, 0.6) is 0 Å². The van der Waals surface area contributed by atoms with Gasteiger partial charge in [0.25, 0.3) is 0 Å². The number of hydrogen-bond donors (Lipinski definition) is 2. The molecule has 0 atom stereocenters. The van der Waals surface area contributed by atoms with Gasteiger partial charge in [-0.05, 0) is 26.3 Å². The Bertz CT molecular complexity index is 742. The molecule has 0 radical (unpaired) electrons. The van der Waals surface area contributed by atoms with Crippen LogP contribution in [-0.2, 0) is 11.3 Å². The minimum atomic E-state index is 0. The summed E-state index contributed by atoms with van der Waals surface area (Å²) >= 11 is 0. The van der Waals surface area contributed by atoms with E-state index in [1.54, 1.807) is 0 Å². The van der Waals surface area contributed by atoms with Crippen molar-refractivity contribution >= 4 is 35.8 Å². The molecule has 1 aromatic heterocycles. The van der Waals surface area contributed by atoms with Gasteiger partial charge in [-0.1, -0.05) is 30.3 Å². The van der Waals surface area contributed by atoms with Crippen molar-refractivity contribution in [3.8, 4) is 11.3 Å². The van der Waals surface area contributed by atoms with Gasteiger partial charge in [0.2, 0.25) is 5.91 Å². The van der Waals surface area contributed by atoms with Crippen LogP contribution >= 0.6 is 24.0 Å². The number of benzene rings is 1. The lowest BCUT2D eigenvalue weighted by atomic mass is 10.2. The molecule has 2 N–H and O–H groups in total. The predicted octanol–water partition coefficient (Wildman–Crippen LogP) is 2.96. The molecule has 2 aromatic rings. The van der Waals surface area contributed by atoms with Gasteiger partial charge < -0.3 is 20.1 Å². The summed E-state index contributed by atoms with van der Waals surface area (Å²) in [5.41, 5.74) is 2.06. The third kappa shape index (κ3) is 6.81. The summed E-state index contributed by atoms with van der Waals surface area (Å²) in [6, 6.07) is 10.1. The molecule has 2 rings (SSSR count). The number of imidazole rings is 1. The molecular weight excluding hydrogens is 467 g/mol. The van der Waals surface area contributed by atoms with Crippen LogP contribution in [0.4, 0.5) is 0 Å². The zero-order chi connectivity index (χ0) is 19.6. The largest absolute Gasteiger partial charge is 0.357 e. The SMILES string of the molecule is CCNC(=NCc1ncc(-c2ccccc2)[nH]1)N(C)CC(=O)N(CC)CC.I. The summed E-state index contributed by atoms with van der Waals surface area (Å²) in [6.07, 6.45) is 1.82. The third-order valence-corrected chi connectivity index (χ3v) is 4.28. The maximum absolute atomic E-state index is 12.3. The zero-order valence-electron chi connectivity index (χ0n) is 17.1. The molecule has 7 nitrogen and oxygen atoms in total. The van der Waals surface area contributed by atoms with Crippen LogP contribution in [0.2, 0.25) is 0 Å². The highest BCUT2D eigenvalue weighted by atomic mass is 127. The molecule has 1 amide bonds. The summed E-state index contributed by atoms with van der Waals surface area (Å²) in [5, 5.41) is 3.23. The Kier molecular flexibility index (Phi) is 10.6. The Labute approximate surface area is 184 Å². The molecule has 0 saturated heterocycles. The molecule has 1 heterocycles. The van der Waals surface area contributed by atoms with E-state index in [2.05, 4.69) is 20.3 Å². The number of amides is 1. The van der Waals surface area contributed by atoms with Crippen molar-refractivity contribution in [2.24, 2.45) is 4.99 Å². The summed E-state index contributed by atoms with van der Waals surface area (Å²) < 4.78 is 0. The van der Waals surface area contributed by atoms with E-state index in [-0.39, 0.29) is 29.9 Å². The standard InChI is InChI=1S/C20H30N6O.HI/c1-5-21-20(25(4)15-19(27)26(6-2)7-3)23-14-18-22-13-17(24-18)16-11-9-8-10-12-16;/h8-13H,5-7,14-15H2,1-4H3,(H,21,23)(H,22,24);1H. The fourth-order valence-electron chi connectivity index (χ4n) is 2.78. The lowest BCUT2D eigenvalue weighted by Crippen LogP contribution is -2.45. The van der Waals surface area contributed by atoms with E-state index in [1.807, 2.05) is 74.1 Å². The van der Waals surface area contributed by atoms with Crippen molar-refractivity contribution in [3.05, 3.63) is 42.4 Å².